The van der Waals surface area contributed by atoms with E-state index < -0.39 is 11.9 Å². The quantitative estimate of drug-likeness (QED) is 0.847. The van der Waals surface area contributed by atoms with E-state index in [2.05, 4.69) is 28.3 Å². The van der Waals surface area contributed by atoms with Crippen LogP contribution >= 0.6 is 11.3 Å². The van der Waals surface area contributed by atoms with Crippen molar-refractivity contribution in [2.45, 2.75) is 33.1 Å². The number of aromatic nitrogens is 2. The molecule has 3 rings (SSSR count). The highest BCUT2D eigenvalue weighted by molar-refractivity contribution is 7.18. The molecule has 8 heteroatoms. The lowest BCUT2D eigenvalue weighted by Gasteiger charge is -2.30. The fourth-order valence-corrected chi connectivity index (χ4v) is 4.08. The lowest BCUT2D eigenvalue weighted by Crippen LogP contribution is -2.44. The molecule has 0 aromatic carbocycles. The molecule has 2 aromatic rings. The summed E-state index contributed by atoms with van der Waals surface area (Å²) >= 11 is 1.64. The van der Waals surface area contributed by atoms with Crippen molar-refractivity contribution in [2.24, 2.45) is 5.92 Å². The first-order valence-corrected chi connectivity index (χ1v) is 9.31. The maximum absolute atomic E-state index is 12.5. The van der Waals surface area contributed by atoms with Crippen LogP contribution in [0.25, 0.3) is 10.2 Å². The average molecular weight is 362 g/mol. The van der Waals surface area contributed by atoms with E-state index in [1.807, 2.05) is 6.92 Å². The van der Waals surface area contributed by atoms with E-state index in [1.165, 1.54) is 4.88 Å². The van der Waals surface area contributed by atoms with Crippen molar-refractivity contribution in [3.63, 3.8) is 0 Å². The molecular formula is C17H22N4O3S. The highest BCUT2D eigenvalue weighted by Gasteiger charge is 2.28. The first-order valence-electron chi connectivity index (χ1n) is 8.49. The maximum atomic E-state index is 12.5. The Hall–Kier alpha value is -2.22. The second-order valence-electron chi connectivity index (χ2n) is 6.28. The van der Waals surface area contributed by atoms with E-state index in [0.717, 1.165) is 23.1 Å². The highest BCUT2D eigenvalue weighted by atomic mass is 32.1. The van der Waals surface area contributed by atoms with Gasteiger partial charge in [0.2, 0.25) is 5.91 Å². The van der Waals surface area contributed by atoms with Gasteiger partial charge in [-0.3, -0.25) is 9.59 Å². The zero-order chi connectivity index (χ0) is 18.0. The first-order chi connectivity index (χ1) is 12.0. The molecule has 134 valence electrons. The number of nitrogens with zero attached hydrogens (tertiary/aromatic N) is 3. The molecule has 1 amide bonds. The lowest BCUT2D eigenvalue weighted by atomic mass is 9.98. The van der Waals surface area contributed by atoms with Crippen LogP contribution < -0.4 is 5.32 Å². The van der Waals surface area contributed by atoms with Gasteiger partial charge in [0.25, 0.3) is 0 Å². The molecule has 2 aromatic heterocycles. The predicted molar refractivity (Wildman–Crippen MR) is 97.0 cm³/mol. The van der Waals surface area contributed by atoms with Crippen LogP contribution in [0.4, 0.5) is 5.82 Å². The Morgan fingerprint density at radius 1 is 1.44 bits per heavy atom. The number of nitrogens with one attached hydrogen (secondary N) is 1. The smallest absolute Gasteiger partial charge is 0.308 e. The number of likely N-dealkylation sites (tertiary alicyclic amines) is 1. The monoisotopic (exact) mass is 362 g/mol. The molecule has 0 bridgehead atoms. The number of hydrogen-bond acceptors (Lipinski definition) is 6. The molecule has 1 aliphatic heterocycles. The van der Waals surface area contributed by atoms with Crippen molar-refractivity contribution in [3.05, 3.63) is 16.8 Å². The molecule has 7 nitrogen and oxygen atoms in total. The summed E-state index contributed by atoms with van der Waals surface area (Å²) in [6.07, 6.45) is 2.29. The zero-order valence-electron chi connectivity index (χ0n) is 14.4. The van der Waals surface area contributed by atoms with Crippen LogP contribution in [0.2, 0.25) is 0 Å². The summed E-state index contributed by atoms with van der Waals surface area (Å²) in [5.41, 5.74) is 0. The van der Waals surface area contributed by atoms with Crippen LogP contribution in [0.3, 0.4) is 0 Å². The summed E-state index contributed by atoms with van der Waals surface area (Å²) in [5.74, 6) is -0.0607. The number of aryl methyl sites for hydroxylation is 2. The number of fused-ring (bicyclic) bond motifs is 1. The van der Waals surface area contributed by atoms with Gasteiger partial charge in [-0.2, -0.15) is 0 Å². The van der Waals surface area contributed by atoms with Gasteiger partial charge in [0.1, 0.15) is 16.5 Å². The number of carbonyl (C=O) groups excluding carboxylic acids is 1. The minimum absolute atomic E-state index is 0.0960. The number of rotatable bonds is 5. The molecule has 0 spiro atoms. The lowest BCUT2D eigenvalue weighted by molar-refractivity contribution is -0.145. The Bertz CT molecular complexity index is 805. The second-order valence-corrected chi connectivity index (χ2v) is 7.39. The van der Waals surface area contributed by atoms with Crippen molar-refractivity contribution < 1.29 is 14.7 Å². The van der Waals surface area contributed by atoms with E-state index in [-0.39, 0.29) is 19.0 Å². The summed E-state index contributed by atoms with van der Waals surface area (Å²) in [4.78, 5) is 36.3. The van der Waals surface area contributed by atoms with Crippen LogP contribution in [0.5, 0.6) is 0 Å². The number of carboxylic acid groups (broad SMARTS) is 1. The summed E-state index contributed by atoms with van der Waals surface area (Å²) in [6, 6.07) is 2.06. The van der Waals surface area contributed by atoms with Gasteiger partial charge < -0.3 is 15.3 Å². The topological polar surface area (TPSA) is 95.4 Å². The van der Waals surface area contributed by atoms with Crippen LogP contribution in [0.1, 0.15) is 30.5 Å². The summed E-state index contributed by atoms with van der Waals surface area (Å²) in [5, 5.41) is 13.2. The Kier molecular flexibility index (Phi) is 5.17. The molecule has 3 heterocycles. The minimum Gasteiger partial charge on any atom is -0.481 e. The van der Waals surface area contributed by atoms with Crippen molar-refractivity contribution in [1.82, 2.24) is 14.9 Å². The fraction of sp³-hybridized carbons (Fsp3) is 0.529. The molecule has 1 saturated heterocycles. The summed E-state index contributed by atoms with van der Waals surface area (Å²) in [6.45, 7) is 4.93. The third-order valence-corrected chi connectivity index (χ3v) is 5.61. The number of carboxylic acids is 1. The van der Waals surface area contributed by atoms with Gasteiger partial charge in [0.05, 0.1) is 17.8 Å². The SMILES string of the molecule is CCc1cc2c(NCC(=O)N3CCCC(C(=O)O)C3)nc(C)nc2s1. The number of aliphatic carboxylic acids is 1. The van der Waals surface area contributed by atoms with Gasteiger partial charge in [0.15, 0.2) is 0 Å². The molecule has 1 aliphatic rings. The van der Waals surface area contributed by atoms with Crippen LogP contribution in [0.15, 0.2) is 6.07 Å². The van der Waals surface area contributed by atoms with E-state index in [1.54, 1.807) is 16.2 Å². The predicted octanol–water partition coefficient (Wildman–Crippen LogP) is 2.30. The molecule has 1 unspecified atom stereocenters. The third-order valence-electron chi connectivity index (χ3n) is 4.43. The van der Waals surface area contributed by atoms with E-state index in [9.17, 15) is 9.59 Å². The molecule has 2 N–H and O–H groups in total. The third kappa shape index (κ3) is 3.89. The van der Waals surface area contributed by atoms with Gasteiger partial charge in [-0.05, 0) is 32.3 Å². The largest absolute Gasteiger partial charge is 0.481 e. The van der Waals surface area contributed by atoms with E-state index in [0.29, 0.717) is 24.6 Å². The van der Waals surface area contributed by atoms with Gasteiger partial charge in [-0.1, -0.05) is 6.92 Å². The summed E-state index contributed by atoms with van der Waals surface area (Å²) < 4.78 is 0. The normalized spacial score (nSPS) is 17.7. The molecule has 0 aliphatic carbocycles. The Labute approximate surface area is 150 Å². The van der Waals surface area contributed by atoms with Gasteiger partial charge in [0, 0.05) is 18.0 Å². The average Bonchev–Trinajstić information content (AvgIpc) is 3.02. The van der Waals surface area contributed by atoms with Crippen molar-refractivity contribution in [3.8, 4) is 0 Å². The molecule has 25 heavy (non-hydrogen) atoms. The van der Waals surface area contributed by atoms with Crippen molar-refractivity contribution in [2.75, 3.05) is 25.0 Å². The molecule has 1 atom stereocenters. The Balaban J connectivity index is 1.70. The number of amides is 1. The van der Waals surface area contributed by atoms with Crippen molar-refractivity contribution in [1.29, 1.82) is 0 Å². The minimum atomic E-state index is -0.830. The molecule has 0 radical (unpaired) electrons. The Morgan fingerprint density at radius 2 is 2.24 bits per heavy atom. The summed E-state index contributed by atoms with van der Waals surface area (Å²) in [7, 11) is 0. The molecule has 1 fully saturated rings. The van der Waals surface area contributed by atoms with Gasteiger partial charge in [-0.25, -0.2) is 9.97 Å². The molecule has 0 saturated carbocycles. The van der Waals surface area contributed by atoms with E-state index in [4.69, 9.17) is 5.11 Å². The van der Waals surface area contributed by atoms with Crippen molar-refractivity contribution >= 4 is 39.2 Å². The van der Waals surface area contributed by atoms with Crippen LogP contribution in [-0.2, 0) is 16.0 Å². The Morgan fingerprint density at radius 3 is 2.96 bits per heavy atom. The maximum Gasteiger partial charge on any atom is 0.308 e. The fourth-order valence-electron chi connectivity index (χ4n) is 3.06. The molecular weight excluding hydrogens is 340 g/mol. The standard InChI is InChI=1S/C17H22N4O3S/c1-3-12-7-13-15(19-10(2)20-16(13)25-12)18-8-14(22)21-6-4-5-11(9-21)17(23)24/h7,11H,3-6,8-9H2,1-2H3,(H,23,24)(H,18,19,20). The van der Waals surface area contributed by atoms with Crippen LogP contribution in [0, 0.1) is 12.8 Å². The number of carbonyl (C=O) groups is 2. The van der Waals surface area contributed by atoms with Gasteiger partial charge in [-0.15, -0.1) is 11.3 Å². The number of anilines is 1. The van der Waals surface area contributed by atoms with Gasteiger partial charge >= 0.3 is 5.97 Å². The van der Waals surface area contributed by atoms with E-state index >= 15 is 0 Å². The number of piperidine rings is 1. The highest BCUT2D eigenvalue weighted by Crippen LogP contribution is 2.29. The van der Waals surface area contributed by atoms with Crippen LogP contribution in [-0.4, -0.2) is 51.5 Å². The number of thiophene rings is 1. The zero-order valence-corrected chi connectivity index (χ0v) is 15.2. The number of hydrogen-bond donors (Lipinski definition) is 2. The first kappa shape index (κ1) is 17.6. The second kappa shape index (κ2) is 7.35.